The number of nitrogens with zero attached hydrogens (tertiary/aromatic N) is 2. The number of rotatable bonds is 8. The van der Waals surface area contributed by atoms with Gasteiger partial charge in [0.2, 0.25) is 11.0 Å². The Balaban J connectivity index is 1.75. The molecule has 6 nitrogen and oxygen atoms in total. The smallest absolute Gasteiger partial charge is 0.225 e. The first kappa shape index (κ1) is 17.4. The first-order valence-corrected chi connectivity index (χ1v) is 8.99. The van der Waals surface area contributed by atoms with E-state index in [1.165, 1.54) is 30.0 Å². The molecule has 8 heteroatoms. The second-order valence-electron chi connectivity index (χ2n) is 4.68. The highest BCUT2D eigenvalue weighted by molar-refractivity contribution is 8.01. The van der Waals surface area contributed by atoms with E-state index < -0.39 is 0 Å². The molecule has 122 valence electrons. The Labute approximate surface area is 143 Å². The predicted molar refractivity (Wildman–Crippen MR) is 94.5 cm³/mol. The highest BCUT2D eigenvalue weighted by Gasteiger charge is 2.07. The van der Waals surface area contributed by atoms with Crippen LogP contribution >= 0.6 is 23.1 Å². The van der Waals surface area contributed by atoms with Gasteiger partial charge in [0.1, 0.15) is 0 Å². The summed E-state index contributed by atoms with van der Waals surface area (Å²) in [5.41, 5.74) is 1.32. The molecule has 0 atom stereocenters. The van der Waals surface area contributed by atoms with Crippen LogP contribution in [-0.4, -0.2) is 34.2 Å². The average molecular weight is 350 g/mol. The number of anilines is 2. The summed E-state index contributed by atoms with van der Waals surface area (Å²) in [5, 5.41) is 14.8. The van der Waals surface area contributed by atoms with Crippen LogP contribution in [0.1, 0.15) is 30.6 Å². The molecular weight excluding hydrogens is 332 g/mol. The number of thioether (sulfide) groups is 1. The number of hydrogen-bond acceptors (Lipinski definition) is 7. The van der Waals surface area contributed by atoms with E-state index in [2.05, 4.69) is 20.8 Å². The van der Waals surface area contributed by atoms with Crippen molar-refractivity contribution < 1.29 is 9.59 Å². The SMILES string of the molecule is CCNc1nnc(SCCC(=O)Nc2ccc(C(C)=O)cc2)s1. The summed E-state index contributed by atoms with van der Waals surface area (Å²) in [7, 11) is 0. The quantitative estimate of drug-likeness (QED) is 0.561. The van der Waals surface area contributed by atoms with E-state index in [0.29, 0.717) is 23.4 Å². The van der Waals surface area contributed by atoms with Crippen molar-refractivity contribution in [2.45, 2.75) is 24.6 Å². The number of aromatic nitrogens is 2. The number of hydrogen-bond donors (Lipinski definition) is 2. The molecule has 0 aliphatic carbocycles. The largest absolute Gasteiger partial charge is 0.360 e. The minimum absolute atomic E-state index is 0.00765. The van der Waals surface area contributed by atoms with E-state index in [0.717, 1.165) is 16.0 Å². The Hall–Kier alpha value is -1.93. The van der Waals surface area contributed by atoms with Gasteiger partial charge in [-0.15, -0.1) is 10.2 Å². The lowest BCUT2D eigenvalue weighted by Gasteiger charge is -2.05. The molecule has 0 saturated carbocycles. The normalized spacial score (nSPS) is 10.3. The summed E-state index contributed by atoms with van der Waals surface area (Å²) in [6, 6.07) is 6.87. The second-order valence-corrected chi connectivity index (χ2v) is 7.00. The molecule has 0 saturated heterocycles. The summed E-state index contributed by atoms with van der Waals surface area (Å²) < 4.78 is 0.847. The van der Waals surface area contributed by atoms with Crippen molar-refractivity contribution in [2.75, 3.05) is 22.9 Å². The van der Waals surface area contributed by atoms with Crippen LogP contribution in [-0.2, 0) is 4.79 Å². The fraction of sp³-hybridized carbons (Fsp3) is 0.333. The van der Waals surface area contributed by atoms with Crippen LogP contribution in [0.3, 0.4) is 0 Å². The molecule has 2 rings (SSSR count). The van der Waals surface area contributed by atoms with Gasteiger partial charge in [-0.2, -0.15) is 0 Å². The van der Waals surface area contributed by atoms with E-state index in [1.54, 1.807) is 24.3 Å². The zero-order valence-corrected chi connectivity index (χ0v) is 14.6. The third-order valence-electron chi connectivity index (χ3n) is 2.86. The summed E-state index contributed by atoms with van der Waals surface area (Å²) in [4.78, 5) is 23.1. The zero-order valence-electron chi connectivity index (χ0n) is 13.0. The molecule has 0 aliphatic rings. The predicted octanol–water partition coefficient (Wildman–Crippen LogP) is 3.29. The molecule has 1 amide bonds. The minimum Gasteiger partial charge on any atom is -0.360 e. The van der Waals surface area contributed by atoms with Crippen molar-refractivity contribution in [3.8, 4) is 0 Å². The first-order valence-electron chi connectivity index (χ1n) is 7.19. The molecule has 1 aromatic carbocycles. The van der Waals surface area contributed by atoms with Crippen molar-refractivity contribution in [3.05, 3.63) is 29.8 Å². The van der Waals surface area contributed by atoms with Crippen molar-refractivity contribution >= 4 is 45.6 Å². The maximum atomic E-state index is 11.9. The molecule has 1 aromatic heterocycles. The van der Waals surface area contributed by atoms with E-state index in [9.17, 15) is 9.59 Å². The minimum atomic E-state index is -0.0653. The maximum Gasteiger partial charge on any atom is 0.225 e. The van der Waals surface area contributed by atoms with E-state index in [1.807, 2.05) is 6.92 Å². The van der Waals surface area contributed by atoms with Crippen LogP contribution in [0.15, 0.2) is 28.6 Å². The third-order valence-corrected chi connectivity index (χ3v) is 4.88. The number of carbonyl (C=O) groups is 2. The summed E-state index contributed by atoms with van der Waals surface area (Å²) in [6.45, 7) is 4.32. The number of benzene rings is 1. The third kappa shape index (κ3) is 5.65. The number of nitrogens with one attached hydrogen (secondary N) is 2. The van der Waals surface area contributed by atoms with Crippen LogP contribution in [0, 0.1) is 0 Å². The molecule has 0 fully saturated rings. The van der Waals surface area contributed by atoms with Crippen LogP contribution in [0.4, 0.5) is 10.8 Å². The van der Waals surface area contributed by atoms with Crippen molar-refractivity contribution in [2.24, 2.45) is 0 Å². The summed E-state index contributed by atoms with van der Waals surface area (Å²) >= 11 is 3.00. The maximum absolute atomic E-state index is 11.9. The van der Waals surface area contributed by atoms with Crippen molar-refractivity contribution in [1.82, 2.24) is 10.2 Å². The second kappa shape index (κ2) is 8.64. The first-order chi connectivity index (χ1) is 11.1. The van der Waals surface area contributed by atoms with Crippen LogP contribution in [0.25, 0.3) is 0 Å². The van der Waals surface area contributed by atoms with Gasteiger partial charge in [-0.3, -0.25) is 9.59 Å². The Morgan fingerprint density at radius 2 is 1.96 bits per heavy atom. The molecule has 0 unspecified atom stereocenters. The van der Waals surface area contributed by atoms with Gasteiger partial charge >= 0.3 is 0 Å². The van der Waals surface area contributed by atoms with Crippen molar-refractivity contribution in [3.63, 3.8) is 0 Å². The Kier molecular flexibility index (Phi) is 6.54. The monoisotopic (exact) mass is 350 g/mol. The van der Waals surface area contributed by atoms with E-state index >= 15 is 0 Å². The van der Waals surface area contributed by atoms with E-state index in [4.69, 9.17) is 0 Å². The molecule has 1 heterocycles. The summed E-state index contributed by atoms with van der Waals surface area (Å²) in [5.74, 6) is 0.579. The van der Waals surface area contributed by atoms with E-state index in [-0.39, 0.29) is 11.7 Å². The van der Waals surface area contributed by atoms with Gasteiger partial charge in [-0.25, -0.2) is 0 Å². The van der Waals surface area contributed by atoms with Gasteiger partial charge in [-0.05, 0) is 38.1 Å². The molecule has 23 heavy (non-hydrogen) atoms. The fourth-order valence-electron chi connectivity index (χ4n) is 1.73. The topological polar surface area (TPSA) is 84.0 Å². The van der Waals surface area contributed by atoms with Gasteiger partial charge in [0.15, 0.2) is 10.1 Å². The van der Waals surface area contributed by atoms with Crippen LogP contribution < -0.4 is 10.6 Å². The zero-order chi connectivity index (χ0) is 16.7. The molecule has 2 N–H and O–H groups in total. The van der Waals surface area contributed by atoms with Gasteiger partial charge in [0, 0.05) is 30.0 Å². The standard InChI is InChI=1S/C15H18N4O2S2/c1-3-16-14-18-19-15(23-14)22-9-8-13(21)17-12-6-4-11(5-7-12)10(2)20/h4-7H,3,8-9H2,1-2H3,(H,16,18)(H,17,21). The molecule has 0 radical (unpaired) electrons. The van der Waals surface area contributed by atoms with Gasteiger partial charge in [0.05, 0.1) is 0 Å². The number of carbonyl (C=O) groups excluding carboxylic acids is 2. The lowest BCUT2D eigenvalue weighted by atomic mass is 10.1. The van der Waals surface area contributed by atoms with Crippen LogP contribution in [0.5, 0.6) is 0 Å². The highest BCUT2D eigenvalue weighted by atomic mass is 32.2. The van der Waals surface area contributed by atoms with Gasteiger partial charge in [-0.1, -0.05) is 23.1 Å². The lowest BCUT2D eigenvalue weighted by molar-refractivity contribution is -0.115. The Bertz CT molecular complexity index is 670. The van der Waals surface area contributed by atoms with Gasteiger partial charge < -0.3 is 10.6 Å². The van der Waals surface area contributed by atoms with Gasteiger partial charge in [0.25, 0.3) is 0 Å². The highest BCUT2D eigenvalue weighted by Crippen LogP contribution is 2.25. The number of ketones is 1. The summed E-state index contributed by atoms with van der Waals surface area (Å²) in [6.07, 6.45) is 0.384. The van der Waals surface area contributed by atoms with Crippen LogP contribution in [0.2, 0.25) is 0 Å². The molecule has 0 bridgehead atoms. The Morgan fingerprint density at radius 1 is 1.22 bits per heavy atom. The molecule has 0 spiro atoms. The number of amides is 1. The number of Topliss-reactive ketones (excluding diaryl/α,β-unsaturated/α-hetero) is 1. The Morgan fingerprint density at radius 3 is 2.61 bits per heavy atom. The fourth-order valence-corrected chi connectivity index (χ4v) is 3.56. The molecular formula is C15H18N4O2S2. The lowest BCUT2D eigenvalue weighted by Crippen LogP contribution is -2.12. The molecule has 0 aliphatic heterocycles. The van der Waals surface area contributed by atoms with Crippen molar-refractivity contribution in [1.29, 1.82) is 0 Å². The molecule has 2 aromatic rings. The average Bonchev–Trinajstić information content (AvgIpc) is 2.96.